The fourth-order valence-electron chi connectivity index (χ4n) is 1.93. The molecule has 0 unspecified atom stereocenters. The first-order valence-corrected chi connectivity index (χ1v) is 6.45. The van der Waals surface area contributed by atoms with Crippen LogP contribution in [-0.4, -0.2) is 48.1 Å². The Labute approximate surface area is 108 Å². The molecule has 5 nitrogen and oxygen atoms in total. The predicted octanol–water partition coefficient (Wildman–Crippen LogP) is 0.446. The highest BCUT2D eigenvalue weighted by atomic mass is 32.1. The van der Waals surface area contributed by atoms with Crippen molar-refractivity contribution in [2.24, 2.45) is 5.73 Å². The van der Waals surface area contributed by atoms with E-state index in [1.807, 2.05) is 6.92 Å². The zero-order chi connectivity index (χ0) is 12.9. The van der Waals surface area contributed by atoms with Crippen molar-refractivity contribution in [3.8, 4) is 0 Å². The molecule has 1 fully saturated rings. The predicted molar refractivity (Wildman–Crippen MR) is 73.1 cm³/mol. The lowest BCUT2D eigenvalue weighted by Crippen LogP contribution is -2.63. The summed E-state index contributed by atoms with van der Waals surface area (Å²) in [5.41, 5.74) is 5.28. The van der Waals surface area contributed by atoms with E-state index in [0.717, 1.165) is 32.4 Å². The van der Waals surface area contributed by atoms with Gasteiger partial charge in [-0.15, -0.1) is 0 Å². The monoisotopic (exact) mass is 258 g/mol. The van der Waals surface area contributed by atoms with Gasteiger partial charge in [-0.2, -0.15) is 0 Å². The Balaban J connectivity index is 2.60. The number of hydrogen-bond acceptors (Lipinski definition) is 3. The van der Waals surface area contributed by atoms with Crippen LogP contribution in [0.3, 0.4) is 0 Å². The third-order valence-corrected chi connectivity index (χ3v) is 3.59. The number of nitrogens with two attached hydrogens (primary N) is 1. The molecule has 98 valence electrons. The van der Waals surface area contributed by atoms with Crippen LogP contribution in [0.1, 0.15) is 26.2 Å². The average molecular weight is 258 g/mol. The molecule has 1 saturated heterocycles. The van der Waals surface area contributed by atoms with E-state index in [-0.39, 0.29) is 6.03 Å². The molecule has 0 atom stereocenters. The molecular formula is C11H22N4OS. The van der Waals surface area contributed by atoms with Gasteiger partial charge in [-0.05, 0) is 26.3 Å². The number of hydrogen-bond donors (Lipinski definition) is 3. The third kappa shape index (κ3) is 3.81. The summed E-state index contributed by atoms with van der Waals surface area (Å²) in [5, 5.41) is 5.74. The highest BCUT2D eigenvalue weighted by Gasteiger charge is 2.37. The van der Waals surface area contributed by atoms with Crippen LogP contribution in [0.25, 0.3) is 0 Å². The fraction of sp³-hybridized carbons (Fsp3) is 0.818. The molecule has 0 spiro atoms. The SMILES string of the molecule is CCCNC(=O)NC1(C(N)=S)CCN(C)CC1. The number of nitrogens with one attached hydrogen (secondary N) is 2. The van der Waals surface area contributed by atoms with Crippen LogP contribution >= 0.6 is 12.2 Å². The van der Waals surface area contributed by atoms with Crippen LogP contribution in [0.2, 0.25) is 0 Å². The first kappa shape index (κ1) is 14.2. The van der Waals surface area contributed by atoms with Crippen LogP contribution in [0.5, 0.6) is 0 Å². The van der Waals surface area contributed by atoms with Crippen molar-refractivity contribution in [2.45, 2.75) is 31.7 Å². The Bertz CT molecular complexity index is 287. The Morgan fingerprint density at radius 2 is 2.06 bits per heavy atom. The first-order chi connectivity index (χ1) is 8.00. The highest BCUT2D eigenvalue weighted by Crippen LogP contribution is 2.21. The van der Waals surface area contributed by atoms with E-state index >= 15 is 0 Å². The quantitative estimate of drug-likeness (QED) is 0.640. The molecule has 6 heteroatoms. The first-order valence-electron chi connectivity index (χ1n) is 6.04. The van der Waals surface area contributed by atoms with Gasteiger partial charge in [-0.25, -0.2) is 4.79 Å². The number of urea groups is 1. The van der Waals surface area contributed by atoms with Crippen molar-refractivity contribution in [2.75, 3.05) is 26.7 Å². The molecule has 0 radical (unpaired) electrons. The summed E-state index contributed by atoms with van der Waals surface area (Å²) in [4.78, 5) is 14.3. The van der Waals surface area contributed by atoms with Gasteiger partial charge in [-0.1, -0.05) is 19.1 Å². The van der Waals surface area contributed by atoms with Gasteiger partial charge in [0.2, 0.25) is 0 Å². The second kappa shape index (κ2) is 6.16. The molecule has 0 aromatic heterocycles. The number of amides is 2. The minimum Gasteiger partial charge on any atom is -0.391 e. The molecule has 0 bridgehead atoms. The molecule has 0 aliphatic carbocycles. The second-order valence-corrected chi connectivity index (χ2v) is 5.07. The molecule has 1 rings (SSSR count). The van der Waals surface area contributed by atoms with Gasteiger partial charge in [0.05, 0.1) is 10.5 Å². The summed E-state index contributed by atoms with van der Waals surface area (Å²) in [6, 6.07) is -0.177. The van der Waals surface area contributed by atoms with Crippen molar-refractivity contribution >= 4 is 23.2 Å². The summed E-state index contributed by atoms with van der Waals surface area (Å²) in [6.45, 7) is 4.47. The van der Waals surface area contributed by atoms with E-state index in [2.05, 4.69) is 22.6 Å². The molecule has 0 aromatic carbocycles. The minimum absolute atomic E-state index is 0.177. The zero-order valence-electron chi connectivity index (χ0n) is 10.6. The molecule has 0 aromatic rings. The van der Waals surface area contributed by atoms with E-state index in [9.17, 15) is 4.79 Å². The average Bonchev–Trinajstić information content (AvgIpc) is 2.29. The van der Waals surface area contributed by atoms with Gasteiger partial charge in [0, 0.05) is 19.6 Å². The Kier molecular flexibility index (Phi) is 5.14. The molecule has 1 aliphatic heterocycles. The van der Waals surface area contributed by atoms with Crippen LogP contribution in [0.15, 0.2) is 0 Å². The van der Waals surface area contributed by atoms with E-state index in [1.54, 1.807) is 0 Å². The summed E-state index contributed by atoms with van der Waals surface area (Å²) < 4.78 is 0. The van der Waals surface area contributed by atoms with Gasteiger partial charge in [0.25, 0.3) is 0 Å². The molecular weight excluding hydrogens is 236 g/mol. The van der Waals surface area contributed by atoms with Crippen molar-refractivity contribution in [3.05, 3.63) is 0 Å². The Hall–Kier alpha value is -0.880. The van der Waals surface area contributed by atoms with Gasteiger partial charge in [0.15, 0.2) is 0 Å². The van der Waals surface area contributed by atoms with Crippen LogP contribution < -0.4 is 16.4 Å². The number of piperidine rings is 1. The third-order valence-electron chi connectivity index (χ3n) is 3.20. The van der Waals surface area contributed by atoms with Gasteiger partial charge < -0.3 is 21.3 Å². The number of nitrogens with zero attached hydrogens (tertiary/aromatic N) is 1. The van der Waals surface area contributed by atoms with Crippen LogP contribution in [-0.2, 0) is 0 Å². The standard InChI is InChI=1S/C11H22N4OS/c1-3-6-13-10(16)14-11(9(12)17)4-7-15(2)8-5-11/h3-8H2,1-2H3,(H2,12,17)(H2,13,14,16). The smallest absolute Gasteiger partial charge is 0.315 e. The maximum Gasteiger partial charge on any atom is 0.315 e. The Morgan fingerprint density at radius 3 is 2.53 bits per heavy atom. The molecule has 1 heterocycles. The van der Waals surface area contributed by atoms with E-state index in [4.69, 9.17) is 18.0 Å². The molecule has 1 aliphatic rings. The van der Waals surface area contributed by atoms with E-state index < -0.39 is 5.54 Å². The lowest BCUT2D eigenvalue weighted by molar-refractivity contribution is 0.194. The maximum absolute atomic E-state index is 11.7. The highest BCUT2D eigenvalue weighted by molar-refractivity contribution is 7.80. The molecule has 2 amide bonds. The number of likely N-dealkylation sites (tertiary alicyclic amines) is 1. The lowest BCUT2D eigenvalue weighted by atomic mass is 9.87. The van der Waals surface area contributed by atoms with Gasteiger partial charge >= 0.3 is 6.03 Å². The number of rotatable bonds is 4. The van der Waals surface area contributed by atoms with Crippen molar-refractivity contribution in [3.63, 3.8) is 0 Å². The summed E-state index contributed by atoms with van der Waals surface area (Å²) >= 11 is 5.11. The van der Waals surface area contributed by atoms with Crippen molar-refractivity contribution in [1.82, 2.24) is 15.5 Å². The van der Waals surface area contributed by atoms with Crippen LogP contribution in [0.4, 0.5) is 4.79 Å². The molecule has 0 saturated carbocycles. The second-order valence-electron chi connectivity index (χ2n) is 4.63. The molecule has 4 N–H and O–H groups in total. The van der Waals surface area contributed by atoms with Crippen molar-refractivity contribution in [1.29, 1.82) is 0 Å². The van der Waals surface area contributed by atoms with E-state index in [0.29, 0.717) is 11.5 Å². The van der Waals surface area contributed by atoms with Crippen LogP contribution in [0, 0.1) is 0 Å². The molecule has 17 heavy (non-hydrogen) atoms. The summed E-state index contributed by atoms with van der Waals surface area (Å²) in [6.07, 6.45) is 2.47. The topological polar surface area (TPSA) is 70.4 Å². The largest absolute Gasteiger partial charge is 0.391 e. The summed E-state index contributed by atoms with van der Waals surface area (Å²) in [7, 11) is 2.06. The number of thiocarbonyl (C=S) groups is 1. The zero-order valence-corrected chi connectivity index (χ0v) is 11.4. The van der Waals surface area contributed by atoms with Crippen molar-refractivity contribution < 1.29 is 4.79 Å². The minimum atomic E-state index is -0.514. The maximum atomic E-state index is 11.7. The summed E-state index contributed by atoms with van der Waals surface area (Å²) in [5.74, 6) is 0. The van der Waals surface area contributed by atoms with E-state index in [1.165, 1.54) is 0 Å². The number of carbonyl (C=O) groups is 1. The van der Waals surface area contributed by atoms with Gasteiger partial charge in [0.1, 0.15) is 0 Å². The fourth-order valence-corrected chi connectivity index (χ4v) is 2.19. The Morgan fingerprint density at radius 1 is 1.47 bits per heavy atom. The normalized spacial score (nSPS) is 19.6. The number of carbonyl (C=O) groups excluding carboxylic acids is 1. The lowest BCUT2D eigenvalue weighted by Gasteiger charge is -2.40. The van der Waals surface area contributed by atoms with Gasteiger partial charge in [-0.3, -0.25) is 0 Å².